The van der Waals surface area contributed by atoms with Gasteiger partial charge in [0, 0.05) is 28.5 Å². The lowest BCUT2D eigenvalue weighted by Crippen LogP contribution is -2.39. The first-order valence-corrected chi connectivity index (χ1v) is 9.27. The summed E-state index contributed by atoms with van der Waals surface area (Å²) in [4.78, 5) is 0. The molecule has 2 aromatic heterocycles. The van der Waals surface area contributed by atoms with Crippen LogP contribution in [0.1, 0.15) is 12.1 Å². The van der Waals surface area contributed by atoms with Crippen molar-refractivity contribution in [2.45, 2.75) is 12.0 Å². The molecular weight excluding hydrogens is 372 g/mol. The van der Waals surface area contributed by atoms with Crippen LogP contribution in [-0.2, 0) is 5.54 Å². The van der Waals surface area contributed by atoms with Gasteiger partial charge in [0.2, 0.25) is 0 Å². The predicted molar refractivity (Wildman–Crippen MR) is 111 cm³/mol. The van der Waals surface area contributed by atoms with Crippen molar-refractivity contribution in [2.75, 3.05) is 0 Å². The largest absolute Gasteiger partial charge is 0.402 e. The van der Waals surface area contributed by atoms with Crippen molar-refractivity contribution in [3.63, 3.8) is 0 Å². The van der Waals surface area contributed by atoms with Crippen LogP contribution in [-0.4, -0.2) is 19.8 Å². The summed E-state index contributed by atoms with van der Waals surface area (Å²) in [6.07, 6.45) is 6.15. The Bertz CT molecular complexity index is 1290. The molecule has 0 saturated heterocycles. The highest BCUT2D eigenvalue weighted by Crippen LogP contribution is 2.35. The molecule has 1 unspecified atom stereocenters. The SMILES string of the molecule is NC1=CC=CC(N)(c2nn3c(-c4ccccc4Cl)nnc3c3ccccc23)C1. The first-order chi connectivity index (χ1) is 13.6. The van der Waals surface area contributed by atoms with Crippen LogP contribution >= 0.6 is 11.6 Å². The number of nitrogens with two attached hydrogens (primary N) is 2. The molecule has 5 rings (SSSR count). The van der Waals surface area contributed by atoms with Crippen molar-refractivity contribution in [3.05, 3.63) is 83.2 Å². The third-order valence-corrected chi connectivity index (χ3v) is 5.35. The van der Waals surface area contributed by atoms with Crippen molar-refractivity contribution in [3.8, 4) is 11.4 Å². The van der Waals surface area contributed by atoms with Crippen LogP contribution < -0.4 is 11.5 Å². The average Bonchev–Trinajstić information content (AvgIpc) is 3.11. The van der Waals surface area contributed by atoms with Crippen LogP contribution in [0.15, 0.2) is 72.5 Å². The van der Waals surface area contributed by atoms with E-state index < -0.39 is 5.54 Å². The lowest BCUT2D eigenvalue weighted by atomic mass is 9.85. The van der Waals surface area contributed by atoms with E-state index in [0.717, 1.165) is 22.0 Å². The average molecular weight is 389 g/mol. The molecule has 1 atom stereocenters. The van der Waals surface area contributed by atoms with Crippen molar-refractivity contribution < 1.29 is 0 Å². The summed E-state index contributed by atoms with van der Waals surface area (Å²) in [7, 11) is 0. The number of aromatic nitrogens is 4. The summed E-state index contributed by atoms with van der Waals surface area (Å²) < 4.78 is 1.72. The zero-order chi connectivity index (χ0) is 19.3. The van der Waals surface area contributed by atoms with Crippen LogP contribution in [0.4, 0.5) is 0 Å². The lowest BCUT2D eigenvalue weighted by Gasteiger charge is -2.29. The van der Waals surface area contributed by atoms with Crippen molar-refractivity contribution in [1.29, 1.82) is 0 Å². The molecule has 0 saturated carbocycles. The van der Waals surface area contributed by atoms with Crippen LogP contribution in [0, 0.1) is 0 Å². The highest BCUT2D eigenvalue weighted by atomic mass is 35.5. The molecule has 6 nitrogen and oxygen atoms in total. The number of fused-ring (bicyclic) bond motifs is 3. The Kier molecular flexibility index (Phi) is 3.72. The van der Waals surface area contributed by atoms with E-state index in [4.69, 9.17) is 28.2 Å². The van der Waals surface area contributed by atoms with Gasteiger partial charge in [-0.25, -0.2) is 0 Å². The van der Waals surface area contributed by atoms with Gasteiger partial charge in [0.15, 0.2) is 11.5 Å². The first-order valence-electron chi connectivity index (χ1n) is 8.89. The van der Waals surface area contributed by atoms with Crippen molar-refractivity contribution in [1.82, 2.24) is 19.8 Å². The molecule has 1 aliphatic carbocycles. The van der Waals surface area contributed by atoms with Crippen molar-refractivity contribution >= 4 is 28.0 Å². The maximum Gasteiger partial charge on any atom is 0.186 e. The highest BCUT2D eigenvalue weighted by molar-refractivity contribution is 6.33. The zero-order valence-corrected chi connectivity index (χ0v) is 15.6. The molecule has 0 radical (unpaired) electrons. The van der Waals surface area contributed by atoms with Gasteiger partial charge >= 0.3 is 0 Å². The van der Waals surface area contributed by atoms with E-state index in [2.05, 4.69) is 10.2 Å². The number of nitrogens with zero attached hydrogens (tertiary/aromatic N) is 4. The Hall–Kier alpha value is -3.22. The molecule has 4 N–H and O–H groups in total. The fraction of sp³-hybridized carbons (Fsp3) is 0.0952. The molecule has 0 aliphatic heterocycles. The number of benzene rings is 2. The molecule has 0 amide bonds. The third kappa shape index (κ3) is 2.50. The van der Waals surface area contributed by atoms with Crippen molar-refractivity contribution in [2.24, 2.45) is 11.5 Å². The van der Waals surface area contributed by atoms with E-state index in [0.29, 0.717) is 28.6 Å². The molecule has 2 aromatic carbocycles. The van der Waals surface area contributed by atoms with Gasteiger partial charge in [-0.15, -0.1) is 10.2 Å². The molecular formula is C21H17ClN6. The summed E-state index contributed by atoms with van der Waals surface area (Å²) in [5.41, 5.74) is 14.9. The van der Waals surface area contributed by atoms with E-state index in [-0.39, 0.29) is 0 Å². The summed E-state index contributed by atoms with van der Waals surface area (Å²) in [5, 5.41) is 16.1. The van der Waals surface area contributed by atoms with Gasteiger partial charge in [-0.3, -0.25) is 0 Å². The Morgan fingerprint density at radius 3 is 2.54 bits per heavy atom. The molecule has 28 heavy (non-hydrogen) atoms. The smallest absolute Gasteiger partial charge is 0.186 e. The van der Waals surface area contributed by atoms with E-state index in [1.165, 1.54) is 0 Å². The normalized spacial score (nSPS) is 19.3. The molecule has 0 bridgehead atoms. The zero-order valence-electron chi connectivity index (χ0n) is 14.9. The van der Waals surface area contributed by atoms with Crippen LogP contribution in [0.2, 0.25) is 5.02 Å². The van der Waals surface area contributed by atoms with Gasteiger partial charge < -0.3 is 11.5 Å². The van der Waals surface area contributed by atoms with Crippen LogP contribution in [0.25, 0.3) is 27.8 Å². The molecule has 0 spiro atoms. The lowest BCUT2D eigenvalue weighted by molar-refractivity contribution is 0.524. The second kappa shape index (κ2) is 6.15. The van der Waals surface area contributed by atoms with Gasteiger partial charge in [0.1, 0.15) is 0 Å². The maximum atomic E-state index is 6.76. The molecule has 2 heterocycles. The number of hydrogen-bond acceptors (Lipinski definition) is 5. The highest BCUT2D eigenvalue weighted by Gasteiger charge is 2.32. The minimum Gasteiger partial charge on any atom is -0.402 e. The van der Waals surface area contributed by atoms with Crippen LogP contribution in [0.5, 0.6) is 0 Å². The minimum absolute atomic E-state index is 0.482. The molecule has 138 valence electrons. The number of halogens is 1. The second-order valence-electron chi connectivity index (χ2n) is 6.95. The molecule has 7 heteroatoms. The fourth-order valence-electron chi connectivity index (χ4n) is 3.70. The second-order valence-corrected chi connectivity index (χ2v) is 7.36. The third-order valence-electron chi connectivity index (χ3n) is 5.02. The minimum atomic E-state index is -0.825. The van der Waals surface area contributed by atoms with E-state index >= 15 is 0 Å². The summed E-state index contributed by atoms with van der Waals surface area (Å²) in [6, 6.07) is 15.4. The van der Waals surface area contributed by atoms with Crippen LogP contribution in [0.3, 0.4) is 0 Å². The van der Waals surface area contributed by atoms with Gasteiger partial charge in [0.25, 0.3) is 0 Å². The van der Waals surface area contributed by atoms with Gasteiger partial charge in [-0.05, 0) is 18.2 Å². The predicted octanol–water partition coefficient (Wildman–Crippen LogP) is 3.55. The fourth-order valence-corrected chi connectivity index (χ4v) is 3.92. The summed E-state index contributed by atoms with van der Waals surface area (Å²) in [6.45, 7) is 0. The quantitative estimate of drug-likeness (QED) is 0.547. The summed E-state index contributed by atoms with van der Waals surface area (Å²) in [5.74, 6) is 0.569. The Labute approximate surface area is 166 Å². The maximum absolute atomic E-state index is 6.76. The monoisotopic (exact) mass is 388 g/mol. The number of allylic oxidation sites excluding steroid dienone is 2. The van der Waals surface area contributed by atoms with Gasteiger partial charge in [-0.2, -0.15) is 9.61 Å². The van der Waals surface area contributed by atoms with E-state index in [1.807, 2.05) is 66.8 Å². The van der Waals surface area contributed by atoms with Gasteiger partial charge in [0.05, 0.1) is 16.3 Å². The number of hydrogen-bond donors (Lipinski definition) is 2. The topological polar surface area (TPSA) is 95.1 Å². The Morgan fingerprint density at radius 2 is 1.75 bits per heavy atom. The summed E-state index contributed by atoms with van der Waals surface area (Å²) >= 11 is 6.40. The number of rotatable bonds is 2. The standard InChI is InChI=1S/C21H17ClN6/c22-17-10-4-3-9-16(17)20-26-25-19-15-8-2-1-7-14(15)18(27-28(19)20)21(24)11-5-6-13(23)12-21/h1-11H,12,23-24H2. The Balaban J connectivity index is 1.85. The first kappa shape index (κ1) is 16.9. The molecule has 1 aliphatic rings. The van der Waals surface area contributed by atoms with E-state index in [1.54, 1.807) is 4.52 Å². The Morgan fingerprint density at radius 1 is 1.00 bits per heavy atom. The molecule has 4 aromatic rings. The van der Waals surface area contributed by atoms with Gasteiger partial charge in [-0.1, -0.05) is 60.2 Å². The molecule has 0 fully saturated rings. The van der Waals surface area contributed by atoms with E-state index in [9.17, 15) is 0 Å².